The molecule has 1 aliphatic heterocycles. The Hall–Kier alpha value is -1.30. The zero-order valence-corrected chi connectivity index (χ0v) is 8.90. The van der Waals surface area contributed by atoms with Crippen molar-refractivity contribution in [3.63, 3.8) is 0 Å². The zero-order valence-electron chi connectivity index (χ0n) is 8.90. The van der Waals surface area contributed by atoms with E-state index in [9.17, 15) is 9.59 Å². The number of hydrogen-bond donors (Lipinski definition) is 4. The van der Waals surface area contributed by atoms with E-state index in [2.05, 4.69) is 10.6 Å². The van der Waals surface area contributed by atoms with Crippen LogP contribution in [0.5, 0.6) is 0 Å². The van der Waals surface area contributed by atoms with E-state index in [1.165, 1.54) is 0 Å². The smallest absolute Gasteiger partial charge is 0.404 e. The fraction of sp³-hybridized carbons (Fsp3) is 0.800. The summed E-state index contributed by atoms with van der Waals surface area (Å²) >= 11 is 0. The van der Waals surface area contributed by atoms with Crippen LogP contribution in [-0.2, 0) is 4.79 Å². The topological polar surface area (TPSA) is 98.7 Å². The molecule has 4 N–H and O–H groups in total. The quantitative estimate of drug-likeness (QED) is 0.529. The number of carbonyl (C=O) groups excluding carboxylic acids is 1. The number of aliphatic hydroxyl groups is 1. The normalized spacial score (nSPS) is 27.6. The third kappa shape index (κ3) is 2.27. The van der Waals surface area contributed by atoms with Gasteiger partial charge in [-0.15, -0.1) is 0 Å². The van der Waals surface area contributed by atoms with Crippen molar-refractivity contribution in [3.05, 3.63) is 0 Å². The largest absolute Gasteiger partial charge is 0.465 e. The maximum absolute atomic E-state index is 11.6. The molecule has 0 aromatic rings. The van der Waals surface area contributed by atoms with Crippen LogP contribution >= 0.6 is 0 Å². The molecule has 0 aromatic heterocycles. The third-order valence-electron chi connectivity index (χ3n) is 3.37. The zero-order chi connectivity index (χ0) is 11.8. The highest BCUT2D eigenvalue weighted by Crippen LogP contribution is 2.46. The Morgan fingerprint density at radius 2 is 2.31 bits per heavy atom. The lowest BCUT2D eigenvalue weighted by Gasteiger charge is -2.16. The summed E-state index contributed by atoms with van der Waals surface area (Å²) in [5, 5.41) is 22.7. The van der Waals surface area contributed by atoms with Crippen LogP contribution in [0, 0.1) is 5.92 Å². The van der Waals surface area contributed by atoms with Gasteiger partial charge in [0.05, 0.1) is 12.6 Å². The van der Waals surface area contributed by atoms with E-state index in [4.69, 9.17) is 10.2 Å². The van der Waals surface area contributed by atoms with Crippen molar-refractivity contribution >= 4 is 12.0 Å². The highest BCUT2D eigenvalue weighted by atomic mass is 16.4. The van der Waals surface area contributed by atoms with Crippen LogP contribution in [0.4, 0.5) is 4.79 Å². The van der Waals surface area contributed by atoms with Crippen LogP contribution in [0.2, 0.25) is 0 Å². The van der Waals surface area contributed by atoms with Crippen LogP contribution in [-0.4, -0.2) is 40.4 Å². The van der Waals surface area contributed by atoms with Gasteiger partial charge in [-0.05, 0) is 25.7 Å². The fourth-order valence-electron chi connectivity index (χ4n) is 2.35. The van der Waals surface area contributed by atoms with Crippen LogP contribution < -0.4 is 10.6 Å². The molecule has 2 amide bonds. The highest BCUT2D eigenvalue weighted by molar-refractivity contribution is 5.83. The SMILES string of the molecule is O=C(O)N[C@H](CO)C[C@H]1CC2(CC2)NC1=O. The van der Waals surface area contributed by atoms with Crippen molar-refractivity contribution in [1.29, 1.82) is 0 Å². The molecule has 2 rings (SSSR count). The van der Waals surface area contributed by atoms with Crippen molar-refractivity contribution in [2.75, 3.05) is 6.61 Å². The molecule has 1 heterocycles. The molecule has 6 heteroatoms. The lowest BCUT2D eigenvalue weighted by atomic mass is 9.96. The maximum atomic E-state index is 11.6. The molecule has 2 atom stereocenters. The van der Waals surface area contributed by atoms with Crippen LogP contribution in [0.1, 0.15) is 25.7 Å². The molecule has 0 bridgehead atoms. The summed E-state index contributed by atoms with van der Waals surface area (Å²) in [5.41, 5.74) is 0.00494. The van der Waals surface area contributed by atoms with E-state index >= 15 is 0 Å². The van der Waals surface area contributed by atoms with E-state index in [0.717, 1.165) is 19.3 Å². The minimum Gasteiger partial charge on any atom is -0.465 e. The van der Waals surface area contributed by atoms with Crippen molar-refractivity contribution < 1.29 is 19.8 Å². The van der Waals surface area contributed by atoms with Crippen LogP contribution in [0.3, 0.4) is 0 Å². The summed E-state index contributed by atoms with van der Waals surface area (Å²) in [6.45, 7) is -0.275. The highest BCUT2D eigenvalue weighted by Gasteiger charge is 2.52. The Morgan fingerprint density at radius 1 is 1.62 bits per heavy atom. The Bertz CT molecular complexity index is 314. The van der Waals surface area contributed by atoms with Crippen LogP contribution in [0.15, 0.2) is 0 Å². The first-order valence-electron chi connectivity index (χ1n) is 5.47. The van der Waals surface area contributed by atoms with Gasteiger partial charge in [-0.25, -0.2) is 4.79 Å². The summed E-state index contributed by atoms with van der Waals surface area (Å²) in [5.74, 6) is -0.186. The van der Waals surface area contributed by atoms with E-state index < -0.39 is 12.1 Å². The van der Waals surface area contributed by atoms with E-state index in [1.807, 2.05) is 0 Å². The molecule has 1 saturated carbocycles. The van der Waals surface area contributed by atoms with Crippen LogP contribution in [0.25, 0.3) is 0 Å². The van der Waals surface area contributed by atoms with Gasteiger partial charge in [0, 0.05) is 11.5 Å². The average Bonchev–Trinajstić information content (AvgIpc) is 2.87. The predicted molar refractivity (Wildman–Crippen MR) is 54.9 cm³/mol. The first kappa shape index (κ1) is 11.2. The van der Waals surface area contributed by atoms with E-state index in [0.29, 0.717) is 6.42 Å². The second kappa shape index (κ2) is 3.93. The van der Waals surface area contributed by atoms with Crippen molar-refractivity contribution in [2.45, 2.75) is 37.3 Å². The van der Waals surface area contributed by atoms with Gasteiger partial charge in [-0.2, -0.15) is 0 Å². The summed E-state index contributed by atoms with van der Waals surface area (Å²) in [6, 6.07) is -0.554. The number of hydrogen-bond acceptors (Lipinski definition) is 3. The summed E-state index contributed by atoms with van der Waals surface area (Å²) in [7, 11) is 0. The first-order chi connectivity index (χ1) is 7.54. The molecule has 0 aromatic carbocycles. The predicted octanol–water partition coefficient (Wildman–Crippen LogP) is -0.326. The molecule has 16 heavy (non-hydrogen) atoms. The van der Waals surface area contributed by atoms with Gasteiger partial charge in [0.25, 0.3) is 0 Å². The van der Waals surface area contributed by atoms with Crippen molar-refractivity contribution in [2.24, 2.45) is 5.92 Å². The number of rotatable bonds is 4. The summed E-state index contributed by atoms with van der Waals surface area (Å²) in [4.78, 5) is 22.0. The number of carbonyl (C=O) groups is 2. The molecule has 90 valence electrons. The molecular formula is C10H16N2O4. The third-order valence-corrected chi connectivity index (χ3v) is 3.37. The number of aliphatic hydroxyl groups excluding tert-OH is 1. The Morgan fingerprint density at radius 3 is 2.75 bits per heavy atom. The van der Waals surface area contributed by atoms with Gasteiger partial charge >= 0.3 is 6.09 Å². The Balaban J connectivity index is 1.88. The van der Waals surface area contributed by atoms with E-state index in [-0.39, 0.29) is 24.0 Å². The van der Waals surface area contributed by atoms with Gasteiger partial charge in [-0.1, -0.05) is 0 Å². The minimum atomic E-state index is -1.17. The molecule has 2 fully saturated rings. The van der Waals surface area contributed by atoms with Gasteiger partial charge < -0.3 is 20.8 Å². The van der Waals surface area contributed by atoms with Crippen molar-refractivity contribution in [1.82, 2.24) is 10.6 Å². The molecule has 2 aliphatic rings. The second-order valence-corrected chi connectivity index (χ2v) is 4.74. The number of carboxylic acid groups (broad SMARTS) is 1. The number of nitrogens with one attached hydrogen (secondary N) is 2. The fourth-order valence-corrected chi connectivity index (χ4v) is 2.35. The molecular weight excluding hydrogens is 212 g/mol. The molecule has 6 nitrogen and oxygen atoms in total. The Labute approximate surface area is 93.0 Å². The molecule has 0 radical (unpaired) electrons. The van der Waals surface area contributed by atoms with Gasteiger partial charge in [0.2, 0.25) is 5.91 Å². The molecule has 0 unspecified atom stereocenters. The molecule has 1 saturated heterocycles. The monoisotopic (exact) mass is 228 g/mol. The lowest BCUT2D eigenvalue weighted by Crippen LogP contribution is -2.39. The molecule has 1 spiro atoms. The summed E-state index contributed by atoms with van der Waals surface area (Å²) in [6.07, 6.45) is 2.01. The van der Waals surface area contributed by atoms with Gasteiger partial charge in [-0.3, -0.25) is 4.79 Å². The summed E-state index contributed by atoms with van der Waals surface area (Å²) < 4.78 is 0. The van der Waals surface area contributed by atoms with Gasteiger partial charge in [0.1, 0.15) is 0 Å². The lowest BCUT2D eigenvalue weighted by molar-refractivity contribution is -0.123. The van der Waals surface area contributed by atoms with E-state index in [1.54, 1.807) is 0 Å². The molecule has 1 aliphatic carbocycles. The number of amides is 2. The first-order valence-corrected chi connectivity index (χ1v) is 5.47. The average molecular weight is 228 g/mol. The maximum Gasteiger partial charge on any atom is 0.404 e. The minimum absolute atomic E-state index is 0.00494. The standard InChI is InChI=1S/C10H16N2O4/c13-5-7(11-9(15)16)3-6-4-10(1-2-10)12-8(6)14/h6-7,11,13H,1-5H2,(H,12,14)(H,15,16)/t6-,7-/m0/s1. The second-order valence-electron chi connectivity index (χ2n) is 4.74. The van der Waals surface area contributed by atoms with Gasteiger partial charge in [0.15, 0.2) is 0 Å². The Kier molecular flexibility index (Phi) is 2.75. The van der Waals surface area contributed by atoms with Crippen molar-refractivity contribution in [3.8, 4) is 0 Å².